The Bertz CT molecular complexity index is 602. The maximum absolute atomic E-state index is 11.9. The number of aromatic nitrogens is 4. The molecule has 2 rings (SSSR count). The van der Waals surface area contributed by atoms with Crippen molar-refractivity contribution in [3.63, 3.8) is 0 Å². The van der Waals surface area contributed by atoms with Gasteiger partial charge in [0.25, 0.3) is 0 Å². The SMILES string of the molecule is CCc1nnc(NC(=O)Cn2nc(C)c(N)c2C)s1. The fraction of sp³-hybridized carbons (Fsp3) is 0.455. The first-order valence-corrected chi connectivity index (χ1v) is 6.74. The maximum atomic E-state index is 11.9. The van der Waals surface area contributed by atoms with Gasteiger partial charge in [-0.05, 0) is 20.3 Å². The molecular formula is C11H16N6OS. The number of rotatable bonds is 4. The summed E-state index contributed by atoms with van der Waals surface area (Å²) >= 11 is 1.38. The van der Waals surface area contributed by atoms with Crippen LogP contribution < -0.4 is 11.1 Å². The number of aryl methyl sites for hydroxylation is 2. The lowest BCUT2D eigenvalue weighted by molar-refractivity contribution is -0.116. The second kappa shape index (κ2) is 5.35. The van der Waals surface area contributed by atoms with Crippen LogP contribution in [0.1, 0.15) is 23.3 Å². The van der Waals surface area contributed by atoms with Gasteiger partial charge in [0.2, 0.25) is 11.0 Å². The Morgan fingerprint density at radius 2 is 2.16 bits per heavy atom. The summed E-state index contributed by atoms with van der Waals surface area (Å²) in [7, 11) is 0. The number of nitrogens with zero attached hydrogens (tertiary/aromatic N) is 4. The molecule has 0 radical (unpaired) electrons. The van der Waals surface area contributed by atoms with E-state index in [9.17, 15) is 4.79 Å². The van der Waals surface area contributed by atoms with Gasteiger partial charge in [-0.2, -0.15) is 5.10 Å². The van der Waals surface area contributed by atoms with E-state index in [1.54, 1.807) is 4.68 Å². The molecule has 0 saturated heterocycles. The fourth-order valence-electron chi connectivity index (χ4n) is 1.61. The minimum Gasteiger partial charge on any atom is -0.396 e. The standard InChI is InChI=1S/C11H16N6OS/c1-4-9-14-15-11(19-9)13-8(18)5-17-7(3)10(12)6(2)16-17/h4-5,12H2,1-3H3,(H,13,15,18). The molecule has 2 aromatic heterocycles. The van der Waals surface area contributed by atoms with Crippen LogP contribution in [0.4, 0.5) is 10.8 Å². The van der Waals surface area contributed by atoms with Crippen molar-refractivity contribution < 1.29 is 4.79 Å². The molecule has 0 aliphatic heterocycles. The van der Waals surface area contributed by atoms with Gasteiger partial charge in [-0.3, -0.25) is 14.8 Å². The van der Waals surface area contributed by atoms with Gasteiger partial charge in [-0.15, -0.1) is 10.2 Å². The summed E-state index contributed by atoms with van der Waals surface area (Å²) in [6, 6.07) is 0. The molecule has 8 heteroatoms. The van der Waals surface area contributed by atoms with Crippen LogP contribution in [0.15, 0.2) is 0 Å². The topological polar surface area (TPSA) is 98.7 Å². The smallest absolute Gasteiger partial charge is 0.247 e. The molecule has 0 spiro atoms. The van der Waals surface area contributed by atoms with Gasteiger partial charge in [0, 0.05) is 0 Å². The first-order chi connectivity index (χ1) is 9.01. The molecule has 102 valence electrons. The first kappa shape index (κ1) is 13.5. The second-order valence-corrected chi connectivity index (χ2v) is 5.21. The summed E-state index contributed by atoms with van der Waals surface area (Å²) in [5.41, 5.74) is 7.96. The summed E-state index contributed by atoms with van der Waals surface area (Å²) in [5.74, 6) is -0.190. The maximum Gasteiger partial charge on any atom is 0.247 e. The Morgan fingerprint density at radius 3 is 2.68 bits per heavy atom. The Labute approximate surface area is 114 Å². The van der Waals surface area contributed by atoms with Gasteiger partial charge in [0.05, 0.1) is 17.1 Å². The molecule has 7 nitrogen and oxygen atoms in total. The Morgan fingerprint density at radius 1 is 1.42 bits per heavy atom. The molecule has 3 N–H and O–H groups in total. The number of nitrogens with one attached hydrogen (secondary N) is 1. The van der Waals surface area contributed by atoms with E-state index in [4.69, 9.17) is 5.73 Å². The molecule has 2 aromatic rings. The lowest BCUT2D eigenvalue weighted by Crippen LogP contribution is -2.20. The predicted octanol–water partition coefficient (Wildman–Crippen LogP) is 1.13. The van der Waals surface area contributed by atoms with E-state index >= 15 is 0 Å². The number of amides is 1. The van der Waals surface area contributed by atoms with Crippen LogP contribution >= 0.6 is 11.3 Å². The van der Waals surface area contributed by atoms with E-state index in [1.165, 1.54) is 11.3 Å². The van der Waals surface area contributed by atoms with Crippen LogP contribution in [0.25, 0.3) is 0 Å². The van der Waals surface area contributed by atoms with Gasteiger partial charge in [0.15, 0.2) is 0 Å². The summed E-state index contributed by atoms with van der Waals surface area (Å²) in [6.45, 7) is 5.76. The van der Waals surface area contributed by atoms with Crippen LogP contribution in [0, 0.1) is 13.8 Å². The number of nitrogens with two attached hydrogens (primary N) is 1. The average molecular weight is 280 g/mol. The van der Waals surface area contributed by atoms with Crippen LogP contribution in [-0.2, 0) is 17.8 Å². The van der Waals surface area contributed by atoms with E-state index in [2.05, 4.69) is 20.6 Å². The van der Waals surface area contributed by atoms with Gasteiger partial charge in [-0.1, -0.05) is 18.3 Å². The Hall–Kier alpha value is -1.96. The van der Waals surface area contributed by atoms with Crippen molar-refractivity contribution in [2.45, 2.75) is 33.7 Å². The highest BCUT2D eigenvalue weighted by Crippen LogP contribution is 2.17. The fourth-order valence-corrected chi connectivity index (χ4v) is 2.30. The van der Waals surface area contributed by atoms with E-state index < -0.39 is 0 Å². The highest BCUT2D eigenvalue weighted by molar-refractivity contribution is 7.15. The third kappa shape index (κ3) is 2.90. The zero-order valence-corrected chi connectivity index (χ0v) is 11.9. The normalized spacial score (nSPS) is 10.7. The third-order valence-electron chi connectivity index (χ3n) is 2.75. The van der Waals surface area contributed by atoms with Gasteiger partial charge in [0.1, 0.15) is 11.6 Å². The molecule has 0 unspecified atom stereocenters. The van der Waals surface area contributed by atoms with Crippen LogP contribution in [-0.4, -0.2) is 25.9 Å². The number of carbonyl (C=O) groups is 1. The summed E-state index contributed by atoms with van der Waals surface area (Å²) < 4.78 is 1.59. The molecule has 0 aliphatic rings. The van der Waals surface area contributed by atoms with Gasteiger partial charge in [-0.25, -0.2) is 0 Å². The largest absolute Gasteiger partial charge is 0.396 e. The molecule has 0 saturated carbocycles. The average Bonchev–Trinajstić information content (AvgIpc) is 2.91. The van der Waals surface area contributed by atoms with Crippen molar-refractivity contribution in [3.05, 3.63) is 16.4 Å². The molecule has 0 atom stereocenters. The van der Waals surface area contributed by atoms with E-state index in [-0.39, 0.29) is 12.5 Å². The van der Waals surface area contributed by atoms with Crippen molar-refractivity contribution in [1.29, 1.82) is 0 Å². The zero-order valence-electron chi connectivity index (χ0n) is 11.1. The lowest BCUT2D eigenvalue weighted by atomic mass is 10.3. The Kier molecular flexibility index (Phi) is 3.79. The van der Waals surface area contributed by atoms with Crippen LogP contribution in [0.5, 0.6) is 0 Å². The molecule has 0 fully saturated rings. The van der Waals surface area contributed by atoms with Crippen molar-refractivity contribution in [1.82, 2.24) is 20.0 Å². The molecule has 0 aliphatic carbocycles. The quantitative estimate of drug-likeness (QED) is 0.874. The van der Waals surface area contributed by atoms with E-state index in [0.717, 1.165) is 22.8 Å². The number of nitrogen functional groups attached to an aromatic ring is 1. The summed E-state index contributed by atoms with van der Waals surface area (Å²) in [5, 5.41) is 16.2. The molecular weight excluding hydrogens is 264 g/mol. The first-order valence-electron chi connectivity index (χ1n) is 5.93. The second-order valence-electron chi connectivity index (χ2n) is 4.14. The minimum atomic E-state index is -0.190. The molecule has 0 aromatic carbocycles. The number of hydrogen-bond donors (Lipinski definition) is 2. The van der Waals surface area contributed by atoms with E-state index in [0.29, 0.717) is 10.8 Å². The van der Waals surface area contributed by atoms with Crippen molar-refractivity contribution in [2.24, 2.45) is 0 Å². The molecule has 19 heavy (non-hydrogen) atoms. The van der Waals surface area contributed by atoms with Gasteiger partial charge < -0.3 is 5.73 Å². The molecule has 0 bridgehead atoms. The number of anilines is 2. The van der Waals surface area contributed by atoms with Crippen molar-refractivity contribution >= 4 is 28.1 Å². The molecule has 1 amide bonds. The Balaban J connectivity index is 2.03. The van der Waals surface area contributed by atoms with Gasteiger partial charge >= 0.3 is 0 Å². The van der Waals surface area contributed by atoms with Crippen LogP contribution in [0.2, 0.25) is 0 Å². The zero-order chi connectivity index (χ0) is 14.0. The highest BCUT2D eigenvalue weighted by atomic mass is 32.1. The number of hydrogen-bond acceptors (Lipinski definition) is 6. The summed E-state index contributed by atoms with van der Waals surface area (Å²) in [6.07, 6.45) is 0.807. The van der Waals surface area contributed by atoms with Crippen molar-refractivity contribution in [3.8, 4) is 0 Å². The third-order valence-corrected chi connectivity index (χ3v) is 3.73. The molecule has 2 heterocycles. The number of carbonyl (C=O) groups excluding carboxylic acids is 1. The highest BCUT2D eigenvalue weighted by Gasteiger charge is 2.13. The van der Waals surface area contributed by atoms with E-state index in [1.807, 2.05) is 20.8 Å². The predicted molar refractivity (Wildman–Crippen MR) is 74.0 cm³/mol. The van der Waals surface area contributed by atoms with Crippen LogP contribution in [0.3, 0.4) is 0 Å². The lowest BCUT2D eigenvalue weighted by Gasteiger charge is -2.03. The monoisotopic (exact) mass is 280 g/mol. The minimum absolute atomic E-state index is 0.116. The summed E-state index contributed by atoms with van der Waals surface area (Å²) in [4.78, 5) is 11.9. The van der Waals surface area contributed by atoms with Crippen molar-refractivity contribution in [2.75, 3.05) is 11.1 Å².